The van der Waals surface area contributed by atoms with E-state index in [0.717, 1.165) is 0 Å². The van der Waals surface area contributed by atoms with Gasteiger partial charge in [-0.3, -0.25) is 14.4 Å². The number of carbonyl (C=O) groups excluding carboxylic acids is 3. The van der Waals surface area contributed by atoms with Gasteiger partial charge >= 0.3 is 5.97 Å². The van der Waals surface area contributed by atoms with Crippen LogP contribution in [0.25, 0.3) is 0 Å². The molecule has 5 heteroatoms. The molecule has 0 heterocycles. The van der Waals surface area contributed by atoms with Crippen LogP contribution in [0.3, 0.4) is 0 Å². The summed E-state index contributed by atoms with van der Waals surface area (Å²) in [4.78, 5) is 35.9. The molecule has 0 saturated heterocycles. The first-order chi connectivity index (χ1) is 10.5. The molecule has 0 saturated carbocycles. The van der Waals surface area contributed by atoms with Gasteiger partial charge in [0.2, 0.25) is 0 Å². The second-order valence-electron chi connectivity index (χ2n) is 4.98. The predicted octanol–water partition coefficient (Wildman–Crippen LogP) is 2.23. The topological polar surface area (TPSA) is 80.7 Å². The molecule has 1 aliphatic carbocycles. The summed E-state index contributed by atoms with van der Waals surface area (Å²) in [6.07, 6.45) is 0. The standard InChI is InChI=1S/C17H12O5/c1-9(18)22-8-10-6-7-13-14(15(10)19)17(21)12-5-3-2-4-11(12)16(13)20/h2-7,19H,8H2,1H3. The Labute approximate surface area is 126 Å². The summed E-state index contributed by atoms with van der Waals surface area (Å²) in [7, 11) is 0. The molecule has 3 rings (SSSR count). The predicted molar refractivity (Wildman–Crippen MR) is 76.9 cm³/mol. The Balaban J connectivity index is 2.13. The molecule has 0 unspecified atom stereocenters. The van der Waals surface area contributed by atoms with E-state index in [1.54, 1.807) is 24.3 Å². The van der Waals surface area contributed by atoms with Crippen molar-refractivity contribution >= 4 is 17.5 Å². The molecule has 0 amide bonds. The van der Waals surface area contributed by atoms with Crippen molar-refractivity contribution in [1.82, 2.24) is 0 Å². The van der Waals surface area contributed by atoms with Gasteiger partial charge in [0.05, 0.1) is 5.56 Å². The lowest BCUT2D eigenvalue weighted by atomic mass is 9.83. The normalized spacial score (nSPS) is 12.6. The molecule has 2 aromatic rings. The van der Waals surface area contributed by atoms with Gasteiger partial charge in [-0.1, -0.05) is 30.3 Å². The summed E-state index contributed by atoms with van der Waals surface area (Å²) < 4.78 is 4.84. The number of phenols is 1. The molecule has 0 aliphatic heterocycles. The third kappa shape index (κ3) is 2.07. The number of ketones is 2. The van der Waals surface area contributed by atoms with Gasteiger partial charge < -0.3 is 9.84 Å². The molecule has 0 spiro atoms. The fourth-order valence-corrected chi connectivity index (χ4v) is 2.51. The van der Waals surface area contributed by atoms with Crippen LogP contribution in [0, 0.1) is 0 Å². The summed E-state index contributed by atoms with van der Waals surface area (Å²) in [5.74, 6) is -1.52. The lowest BCUT2D eigenvalue weighted by Crippen LogP contribution is -2.21. The number of hydrogen-bond acceptors (Lipinski definition) is 5. The van der Waals surface area contributed by atoms with Crippen LogP contribution in [0.4, 0.5) is 0 Å². The number of fused-ring (bicyclic) bond motifs is 2. The van der Waals surface area contributed by atoms with Crippen molar-refractivity contribution in [3.63, 3.8) is 0 Å². The van der Waals surface area contributed by atoms with Crippen LogP contribution >= 0.6 is 0 Å². The lowest BCUT2D eigenvalue weighted by molar-refractivity contribution is -0.142. The minimum atomic E-state index is -0.495. The monoisotopic (exact) mass is 296 g/mol. The van der Waals surface area contributed by atoms with Crippen LogP contribution in [-0.2, 0) is 16.1 Å². The van der Waals surface area contributed by atoms with Crippen LogP contribution in [0.1, 0.15) is 44.3 Å². The van der Waals surface area contributed by atoms with Gasteiger partial charge in [-0.2, -0.15) is 0 Å². The molecule has 0 atom stereocenters. The second-order valence-corrected chi connectivity index (χ2v) is 4.98. The van der Waals surface area contributed by atoms with Gasteiger partial charge in [-0.25, -0.2) is 0 Å². The molecule has 2 aromatic carbocycles. The smallest absolute Gasteiger partial charge is 0.302 e. The summed E-state index contributed by atoms with van der Waals surface area (Å²) in [6.45, 7) is 1.10. The quantitative estimate of drug-likeness (QED) is 0.733. The molecular weight excluding hydrogens is 284 g/mol. The zero-order valence-electron chi connectivity index (χ0n) is 11.8. The third-order valence-corrected chi connectivity index (χ3v) is 3.58. The van der Waals surface area contributed by atoms with Gasteiger partial charge in [0.1, 0.15) is 12.4 Å². The first-order valence-electron chi connectivity index (χ1n) is 6.67. The van der Waals surface area contributed by atoms with Crippen LogP contribution in [0.2, 0.25) is 0 Å². The van der Waals surface area contributed by atoms with Gasteiger partial charge in [0.15, 0.2) is 11.6 Å². The number of aromatic hydroxyl groups is 1. The van der Waals surface area contributed by atoms with E-state index in [9.17, 15) is 19.5 Å². The number of rotatable bonds is 2. The van der Waals surface area contributed by atoms with Crippen molar-refractivity contribution < 1.29 is 24.2 Å². The fraction of sp³-hybridized carbons (Fsp3) is 0.118. The number of benzene rings is 2. The van der Waals surface area contributed by atoms with Crippen molar-refractivity contribution in [3.05, 3.63) is 64.2 Å². The number of hydrogen-bond donors (Lipinski definition) is 1. The van der Waals surface area contributed by atoms with E-state index in [4.69, 9.17) is 4.74 Å². The average molecular weight is 296 g/mol. The average Bonchev–Trinajstić information content (AvgIpc) is 2.51. The van der Waals surface area contributed by atoms with Gasteiger partial charge in [0, 0.05) is 29.2 Å². The van der Waals surface area contributed by atoms with Crippen molar-refractivity contribution in [3.8, 4) is 5.75 Å². The molecule has 0 radical (unpaired) electrons. The van der Waals surface area contributed by atoms with Gasteiger partial charge in [-0.05, 0) is 6.07 Å². The van der Waals surface area contributed by atoms with Gasteiger partial charge in [-0.15, -0.1) is 0 Å². The molecular formula is C17H12O5. The molecule has 110 valence electrons. The number of phenolic OH excluding ortho intramolecular Hbond substituents is 1. The summed E-state index contributed by atoms with van der Waals surface area (Å²) in [6, 6.07) is 9.44. The van der Waals surface area contributed by atoms with E-state index >= 15 is 0 Å². The summed E-state index contributed by atoms with van der Waals surface area (Å²) in [5, 5.41) is 10.3. The van der Waals surface area contributed by atoms with E-state index < -0.39 is 11.8 Å². The zero-order valence-corrected chi connectivity index (χ0v) is 11.8. The summed E-state index contributed by atoms with van der Waals surface area (Å²) >= 11 is 0. The molecule has 5 nitrogen and oxygen atoms in total. The molecule has 22 heavy (non-hydrogen) atoms. The Morgan fingerprint density at radius 3 is 2.27 bits per heavy atom. The maximum atomic E-state index is 12.5. The number of carbonyl (C=O) groups is 3. The van der Waals surface area contributed by atoms with Crippen molar-refractivity contribution in [2.24, 2.45) is 0 Å². The van der Waals surface area contributed by atoms with E-state index in [-0.39, 0.29) is 40.4 Å². The Bertz CT molecular complexity index is 820. The van der Waals surface area contributed by atoms with E-state index in [2.05, 4.69) is 0 Å². The molecule has 1 N–H and O–H groups in total. The Morgan fingerprint density at radius 1 is 1.00 bits per heavy atom. The van der Waals surface area contributed by atoms with E-state index in [0.29, 0.717) is 5.56 Å². The van der Waals surface area contributed by atoms with E-state index in [1.807, 2.05) is 0 Å². The van der Waals surface area contributed by atoms with Crippen molar-refractivity contribution in [1.29, 1.82) is 0 Å². The second kappa shape index (κ2) is 5.11. The molecule has 0 fully saturated rings. The minimum absolute atomic E-state index is 0.0339. The molecule has 0 bridgehead atoms. The first-order valence-corrected chi connectivity index (χ1v) is 6.67. The maximum Gasteiger partial charge on any atom is 0.302 e. The first kappa shape index (κ1) is 14.0. The largest absolute Gasteiger partial charge is 0.507 e. The zero-order chi connectivity index (χ0) is 15.9. The fourth-order valence-electron chi connectivity index (χ4n) is 2.51. The minimum Gasteiger partial charge on any atom is -0.507 e. The maximum absolute atomic E-state index is 12.5. The Hall–Kier alpha value is -2.95. The van der Waals surface area contributed by atoms with Crippen LogP contribution in [0.5, 0.6) is 5.75 Å². The van der Waals surface area contributed by atoms with Crippen LogP contribution in [0.15, 0.2) is 36.4 Å². The van der Waals surface area contributed by atoms with Crippen molar-refractivity contribution in [2.45, 2.75) is 13.5 Å². The third-order valence-electron chi connectivity index (χ3n) is 3.58. The highest BCUT2D eigenvalue weighted by Crippen LogP contribution is 2.35. The highest BCUT2D eigenvalue weighted by Gasteiger charge is 2.32. The van der Waals surface area contributed by atoms with E-state index in [1.165, 1.54) is 19.1 Å². The number of ether oxygens (including phenoxy) is 1. The van der Waals surface area contributed by atoms with Gasteiger partial charge in [0.25, 0.3) is 0 Å². The highest BCUT2D eigenvalue weighted by molar-refractivity contribution is 6.29. The lowest BCUT2D eigenvalue weighted by Gasteiger charge is -2.19. The van der Waals surface area contributed by atoms with Crippen molar-refractivity contribution in [2.75, 3.05) is 0 Å². The number of esters is 1. The molecule has 0 aromatic heterocycles. The molecule has 1 aliphatic rings. The Kier molecular flexibility index (Phi) is 3.25. The summed E-state index contributed by atoms with van der Waals surface area (Å²) in [5.41, 5.74) is 1.00. The SMILES string of the molecule is CC(=O)OCc1ccc2c(c1O)C(=O)c1ccccc1C2=O. The van der Waals surface area contributed by atoms with Crippen LogP contribution in [-0.4, -0.2) is 22.6 Å². The Morgan fingerprint density at radius 2 is 1.64 bits per heavy atom. The van der Waals surface area contributed by atoms with Crippen LogP contribution < -0.4 is 0 Å². The highest BCUT2D eigenvalue weighted by atomic mass is 16.5.